The summed E-state index contributed by atoms with van der Waals surface area (Å²) in [7, 11) is 0. The van der Waals surface area contributed by atoms with Gasteiger partial charge in [0, 0.05) is 5.56 Å². The van der Waals surface area contributed by atoms with Gasteiger partial charge in [-0.05, 0) is 0 Å². The van der Waals surface area contributed by atoms with E-state index in [2.05, 4.69) is 15.2 Å². The Bertz CT molecular complexity index is 428. The molecule has 1 aliphatic rings. The number of benzene rings is 1. The molecule has 0 radical (unpaired) electrons. The van der Waals surface area contributed by atoms with E-state index in [9.17, 15) is 10.1 Å². The first-order valence-corrected chi connectivity index (χ1v) is 4.20. The Morgan fingerprint density at radius 3 is 2.73 bits per heavy atom. The summed E-state index contributed by atoms with van der Waals surface area (Å²) in [6, 6.07) is 9.23. The second kappa shape index (κ2) is 3.82. The van der Waals surface area contributed by atoms with Crippen LogP contribution in [0.15, 0.2) is 45.6 Å². The molecule has 0 bridgehead atoms. The average Bonchev–Trinajstić information content (AvgIpc) is 2.67. The number of nitrogens with one attached hydrogen (secondary N) is 1. The second-order valence-corrected chi connectivity index (χ2v) is 2.82. The average molecular weight is 205 g/mol. The number of azo groups is 1. The van der Waals surface area contributed by atoms with Crippen LogP contribution in [0, 0.1) is 10.1 Å². The van der Waals surface area contributed by atoms with E-state index in [0.29, 0.717) is 0 Å². The van der Waals surface area contributed by atoms with Crippen molar-refractivity contribution in [1.82, 2.24) is 5.43 Å². The number of guanidine groups is 1. The summed E-state index contributed by atoms with van der Waals surface area (Å²) in [5, 5.41) is 16.7. The molecule has 1 atom stereocenters. The molecule has 76 valence electrons. The molecule has 0 aromatic heterocycles. The van der Waals surface area contributed by atoms with Crippen molar-refractivity contribution in [3.8, 4) is 0 Å². The minimum absolute atomic E-state index is 0.0751. The summed E-state index contributed by atoms with van der Waals surface area (Å²) in [5.74, 6) is -0.0751. The lowest BCUT2D eigenvalue weighted by molar-refractivity contribution is -0.525. The van der Waals surface area contributed by atoms with Crippen LogP contribution >= 0.6 is 0 Å². The van der Waals surface area contributed by atoms with Crippen LogP contribution < -0.4 is 5.43 Å². The lowest BCUT2D eigenvalue weighted by atomic mass is 10.2. The Morgan fingerprint density at radius 2 is 2.07 bits per heavy atom. The third-order valence-corrected chi connectivity index (χ3v) is 1.80. The summed E-state index contributed by atoms with van der Waals surface area (Å²) >= 11 is 0. The maximum Gasteiger partial charge on any atom is 0.301 e. The Morgan fingerprint density at radius 1 is 1.33 bits per heavy atom. The first-order chi connectivity index (χ1) is 7.25. The largest absolute Gasteiger partial charge is 0.301 e. The third kappa shape index (κ3) is 2.13. The molecule has 1 heterocycles. The van der Waals surface area contributed by atoms with E-state index in [1.54, 1.807) is 0 Å². The van der Waals surface area contributed by atoms with Crippen molar-refractivity contribution < 1.29 is 5.03 Å². The molecule has 7 nitrogen and oxygen atoms in total. The van der Waals surface area contributed by atoms with Crippen molar-refractivity contribution in [2.45, 2.75) is 6.17 Å². The summed E-state index contributed by atoms with van der Waals surface area (Å²) in [6.45, 7) is 0. The second-order valence-electron chi connectivity index (χ2n) is 2.82. The molecule has 0 spiro atoms. The molecule has 2 rings (SSSR count). The number of aliphatic imine (C=N–C) groups is 1. The predicted octanol–water partition coefficient (Wildman–Crippen LogP) is 1.29. The molecular weight excluding hydrogens is 198 g/mol. The highest BCUT2D eigenvalue weighted by Gasteiger charge is 2.18. The van der Waals surface area contributed by atoms with Crippen LogP contribution in [0.4, 0.5) is 0 Å². The summed E-state index contributed by atoms with van der Waals surface area (Å²) in [5.41, 5.74) is 2.70. The van der Waals surface area contributed by atoms with E-state index >= 15 is 0 Å². The van der Waals surface area contributed by atoms with Crippen LogP contribution in [0.25, 0.3) is 0 Å². The van der Waals surface area contributed by atoms with E-state index in [-0.39, 0.29) is 5.96 Å². The Kier molecular flexibility index (Phi) is 2.36. The van der Waals surface area contributed by atoms with Gasteiger partial charge in [-0.2, -0.15) is 5.11 Å². The van der Waals surface area contributed by atoms with Gasteiger partial charge in [-0.1, -0.05) is 35.8 Å². The van der Waals surface area contributed by atoms with Gasteiger partial charge < -0.3 is 0 Å². The van der Waals surface area contributed by atoms with Gasteiger partial charge in [0.15, 0.2) is 11.2 Å². The maximum atomic E-state index is 10.1. The monoisotopic (exact) mass is 205 g/mol. The molecule has 1 aromatic carbocycles. The van der Waals surface area contributed by atoms with Crippen molar-refractivity contribution in [1.29, 1.82) is 0 Å². The first-order valence-electron chi connectivity index (χ1n) is 4.20. The van der Waals surface area contributed by atoms with Crippen molar-refractivity contribution >= 4 is 5.96 Å². The number of hydrogen-bond donors (Lipinski definition) is 1. The molecule has 0 amide bonds. The molecule has 0 aliphatic carbocycles. The van der Waals surface area contributed by atoms with Crippen molar-refractivity contribution in [2.24, 2.45) is 15.2 Å². The van der Waals surface area contributed by atoms with Gasteiger partial charge in [-0.15, -0.1) is 5.11 Å². The number of rotatable bonds is 2. The Hall–Kier alpha value is -2.31. The topological polar surface area (TPSA) is 92.2 Å². The molecule has 1 aromatic rings. The van der Waals surface area contributed by atoms with E-state index in [1.807, 2.05) is 35.8 Å². The lowest BCUT2D eigenvalue weighted by Crippen LogP contribution is -2.26. The molecule has 1 N–H and O–H groups in total. The van der Waals surface area contributed by atoms with Crippen molar-refractivity contribution in [2.75, 3.05) is 0 Å². The highest BCUT2D eigenvalue weighted by atomic mass is 16.7. The molecule has 1 aliphatic heterocycles. The highest BCUT2D eigenvalue weighted by Crippen LogP contribution is 2.22. The Balaban J connectivity index is 2.13. The summed E-state index contributed by atoms with van der Waals surface area (Å²) < 4.78 is 0. The normalized spacial score (nSPS) is 18.7. The predicted molar refractivity (Wildman–Crippen MR) is 51.6 cm³/mol. The molecular formula is C8H7N5O2. The van der Waals surface area contributed by atoms with Gasteiger partial charge >= 0.3 is 5.96 Å². The van der Waals surface area contributed by atoms with Gasteiger partial charge in [0.1, 0.15) is 0 Å². The van der Waals surface area contributed by atoms with Gasteiger partial charge in [0.2, 0.25) is 0 Å². The van der Waals surface area contributed by atoms with Crippen LogP contribution in [0.1, 0.15) is 11.7 Å². The van der Waals surface area contributed by atoms with Gasteiger partial charge in [-0.3, -0.25) is 0 Å². The fraction of sp³-hybridized carbons (Fsp3) is 0.125. The molecule has 0 saturated heterocycles. The highest BCUT2D eigenvalue weighted by molar-refractivity contribution is 5.80. The zero-order valence-electron chi connectivity index (χ0n) is 7.57. The lowest BCUT2D eigenvalue weighted by Gasteiger charge is -2.00. The van der Waals surface area contributed by atoms with Crippen LogP contribution in [0.2, 0.25) is 0 Å². The van der Waals surface area contributed by atoms with E-state index in [0.717, 1.165) is 5.56 Å². The van der Waals surface area contributed by atoms with E-state index in [1.165, 1.54) is 0 Å². The maximum absolute atomic E-state index is 10.1. The quantitative estimate of drug-likeness (QED) is 0.582. The van der Waals surface area contributed by atoms with Gasteiger partial charge in [0.25, 0.3) is 0 Å². The standard InChI is InChI=1S/C8H7N5O2/c14-13(15)12-8-9-7(10-11-8)6-4-2-1-3-5-6/h1-5,7H,(H,9,12). The van der Waals surface area contributed by atoms with Crippen molar-refractivity contribution in [3.05, 3.63) is 46.0 Å². The number of hydrogen-bond acceptors (Lipinski definition) is 5. The van der Waals surface area contributed by atoms with Crippen LogP contribution in [0.3, 0.4) is 0 Å². The Labute approximate surface area is 84.7 Å². The van der Waals surface area contributed by atoms with Crippen LogP contribution in [0.5, 0.6) is 0 Å². The number of hydrazine groups is 1. The number of nitrogens with zero attached hydrogens (tertiary/aromatic N) is 4. The molecule has 1 unspecified atom stereocenters. The third-order valence-electron chi connectivity index (χ3n) is 1.80. The summed E-state index contributed by atoms with van der Waals surface area (Å²) in [6.07, 6.45) is -0.478. The minimum Gasteiger partial charge on any atom is -0.234 e. The smallest absolute Gasteiger partial charge is 0.234 e. The molecule has 7 heteroatoms. The number of nitro groups is 1. The van der Waals surface area contributed by atoms with Crippen LogP contribution in [-0.2, 0) is 0 Å². The van der Waals surface area contributed by atoms with Crippen LogP contribution in [-0.4, -0.2) is 11.0 Å². The SMILES string of the molecule is O=[N+]([O-])NC1=NC(c2ccccc2)N=N1. The zero-order chi connectivity index (χ0) is 10.7. The molecule has 0 saturated carbocycles. The fourth-order valence-electron chi connectivity index (χ4n) is 1.18. The molecule has 0 fully saturated rings. The van der Waals surface area contributed by atoms with E-state index in [4.69, 9.17) is 0 Å². The molecule has 15 heavy (non-hydrogen) atoms. The minimum atomic E-state index is -0.717. The fourth-order valence-corrected chi connectivity index (χ4v) is 1.18. The van der Waals surface area contributed by atoms with Crippen molar-refractivity contribution in [3.63, 3.8) is 0 Å². The zero-order valence-corrected chi connectivity index (χ0v) is 7.57. The van der Waals surface area contributed by atoms with Gasteiger partial charge in [0.05, 0.1) is 0 Å². The first kappa shape index (κ1) is 9.25. The van der Waals surface area contributed by atoms with Gasteiger partial charge in [-0.25, -0.2) is 15.1 Å². The van der Waals surface area contributed by atoms with E-state index < -0.39 is 11.2 Å². The summed E-state index contributed by atoms with van der Waals surface area (Å²) in [4.78, 5) is 14.0.